The zero-order valence-corrected chi connectivity index (χ0v) is 9.75. The second-order valence-electron chi connectivity index (χ2n) is 3.56. The summed E-state index contributed by atoms with van der Waals surface area (Å²) >= 11 is 4.22. The molecule has 0 aliphatic heterocycles. The Balaban J connectivity index is 2.36. The summed E-state index contributed by atoms with van der Waals surface area (Å²) in [6, 6.07) is 0. The number of thiol groups is 1. The minimum absolute atomic E-state index is 0.720. The molecule has 0 aromatic carbocycles. The Kier molecular flexibility index (Phi) is 4.21. The van der Waals surface area contributed by atoms with E-state index in [0.29, 0.717) is 0 Å². The summed E-state index contributed by atoms with van der Waals surface area (Å²) in [5, 5.41) is 11.0. The van der Waals surface area contributed by atoms with E-state index in [-0.39, 0.29) is 0 Å². The van der Waals surface area contributed by atoms with E-state index in [1.165, 1.54) is 0 Å². The van der Waals surface area contributed by atoms with Gasteiger partial charge in [-0.1, -0.05) is 5.21 Å². The van der Waals surface area contributed by atoms with Crippen LogP contribution in [0.2, 0.25) is 0 Å². The van der Waals surface area contributed by atoms with Crippen molar-refractivity contribution in [1.82, 2.24) is 20.3 Å². The number of rotatable bonds is 5. The summed E-state index contributed by atoms with van der Waals surface area (Å²) in [6.45, 7) is 2.03. The minimum atomic E-state index is 0.720. The van der Waals surface area contributed by atoms with Crippen LogP contribution in [-0.4, -0.2) is 54.5 Å². The van der Waals surface area contributed by atoms with Gasteiger partial charge in [-0.2, -0.15) is 0 Å². The van der Waals surface area contributed by atoms with E-state index >= 15 is 0 Å². The first kappa shape index (κ1) is 11.3. The van der Waals surface area contributed by atoms with Gasteiger partial charge >= 0.3 is 0 Å². The maximum Gasteiger partial charge on any atom is 0.184 e. The maximum absolute atomic E-state index is 4.22. The highest BCUT2D eigenvalue weighted by Crippen LogP contribution is 2.15. The number of aromatic amines is 1. The molecule has 0 radical (unpaired) electrons. The first-order valence-corrected chi connectivity index (χ1v) is 5.02. The Hall–Kier alpha value is -0.750. The summed E-state index contributed by atoms with van der Waals surface area (Å²) in [5.74, 6) is 0.812. The molecule has 80 valence electrons. The fraction of sp³-hybridized carbons (Fsp3) is 0.750. The van der Waals surface area contributed by atoms with Crippen molar-refractivity contribution in [3.8, 4) is 0 Å². The molecule has 1 aromatic rings. The molecule has 0 atom stereocenters. The second-order valence-corrected chi connectivity index (χ2v) is 4.01. The summed E-state index contributed by atoms with van der Waals surface area (Å²) in [4.78, 5) is 4.22. The largest absolute Gasteiger partial charge is 0.356 e. The van der Waals surface area contributed by atoms with Crippen molar-refractivity contribution in [2.24, 2.45) is 0 Å². The van der Waals surface area contributed by atoms with Crippen molar-refractivity contribution in [3.63, 3.8) is 0 Å². The van der Waals surface area contributed by atoms with Crippen molar-refractivity contribution in [3.05, 3.63) is 0 Å². The first-order valence-electron chi connectivity index (χ1n) is 4.57. The molecule has 0 aliphatic carbocycles. The predicted molar refractivity (Wildman–Crippen MR) is 60.1 cm³/mol. The molecule has 5 nitrogen and oxygen atoms in total. The number of hydrogen-bond acceptors (Lipinski definition) is 5. The zero-order chi connectivity index (χ0) is 10.6. The second kappa shape index (κ2) is 5.21. The van der Waals surface area contributed by atoms with Gasteiger partial charge in [0.25, 0.3) is 0 Å². The lowest BCUT2D eigenvalue weighted by atomic mass is 10.4. The molecule has 0 saturated heterocycles. The fourth-order valence-corrected chi connectivity index (χ4v) is 1.46. The third-order valence-electron chi connectivity index (χ3n) is 1.97. The van der Waals surface area contributed by atoms with E-state index in [0.717, 1.165) is 30.4 Å². The van der Waals surface area contributed by atoms with Crippen molar-refractivity contribution >= 4 is 18.4 Å². The van der Waals surface area contributed by atoms with Gasteiger partial charge in [-0.05, 0) is 27.1 Å². The standard InChI is InChI=1S/C8H17N5S/c1-12(2)5-4-6-13(3)7-8(14)10-11-9-7/h4-6H2,1-3H3,(H2,9,10,11,14). The van der Waals surface area contributed by atoms with Crippen LogP contribution in [0.5, 0.6) is 0 Å². The van der Waals surface area contributed by atoms with Crippen molar-refractivity contribution in [1.29, 1.82) is 0 Å². The van der Waals surface area contributed by atoms with Gasteiger partial charge in [-0.3, -0.25) is 0 Å². The molecular formula is C8H17N5S. The summed E-state index contributed by atoms with van der Waals surface area (Å²) in [5.41, 5.74) is 0. The van der Waals surface area contributed by atoms with Crippen molar-refractivity contribution < 1.29 is 0 Å². The molecule has 0 spiro atoms. The third-order valence-corrected chi connectivity index (χ3v) is 2.27. The Labute approximate surface area is 89.9 Å². The minimum Gasteiger partial charge on any atom is -0.356 e. The number of H-pyrrole nitrogens is 1. The van der Waals surface area contributed by atoms with Crippen LogP contribution in [0.25, 0.3) is 0 Å². The van der Waals surface area contributed by atoms with Crippen molar-refractivity contribution in [2.75, 3.05) is 39.1 Å². The van der Waals surface area contributed by atoms with Crippen LogP contribution in [0.15, 0.2) is 5.03 Å². The lowest BCUT2D eigenvalue weighted by Gasteiger charge is -2.17. The zero-order valence-electron chi connectivity index (χ0n) is 8.86. The van der Waals surface area contributed by atoms with Gasteiger partial charge < -0.3 is 9.80 Å². The van der Waals surface area contributed by atoms with Gasteiger partial charge in [0.2, 0.25) is 0 Å². The van der Waals surface area contributed by atoms with Gasteiger partial charge in [0.1, 0.15) is 5.03 Å². The van der Waals surface area contributed by atoms with Gasteiger partial charge in [0.05, 0.1) is 0 Å². The highest BCUT2D eigenvalue weighted by atomic mass is 32.1. The summed E-state index contributed by atoms with van der Waals surface area (Å²) in [6.07, 6.45) is 1.10. The van der Waals surface area contributed by atoms with Crippen LogP contribution in [0, 0.1) is 0 Å². The van der Waals surface area contributed by atoms with Crippen LogP contribution in [0.1, 0.15) is 6.42 Å². The van der Waals surface area contributed by atoms with Gasteiger partial charge in [0.15, 0.2) is 5.82 Å². The smallest absolute Gasteiger partial charge is 0.184 e. The quantitative estimate of drug-likeness (QED) is 0.702. The predicted octanol–water partition coefficient (Wildman–Crippen LogP) is 0.481. The Morgan fingerprint density at radius 2 is 2.00 bits per heavy atom. The molecule has 1 heterocycles. The molecule has 1 rings (SSSR count). The van der Waals surface area contributed by atoms with Gasteiger partial charge in [-0.25, -0.2) is 5.10 Å². The number of aromatic nitrogens is 3. The van der Waals surface area contributed by atoms with E-state index < -0.39 is 0 Å². The van der Waals surface area contributed by atoms with Crippen LogP contribution in [-0.2, 0) is 0 Å². The van der Waals surface area contributed by atoms with Crippen molar-refractivity contribution in [2.45, 2.75) is 11.4 Å². The Morgan fingerprint density at radius 1 is 1.29 bits per heavy atom. The number of anilines is 1. The highest BCUT2D eigenvalue weighted by Gasteiger charge is 2.08. The normalized spacial score (nSPS) is 10.9. The summed E-state index contributed by atoms with van der Waals surface area (Å²) in [7, 11) is 6.13. The molecule has 0 unspecified atom stereocenters. The number of hydrogen-bond donors (Lipinski definition) is 2. The molecular weight excluding hydrogens is 198 g/mol. The molecule has 0 amide bonds. The molecule has 1 aromatic heterocycles. The maximum atomic E-state index is 4.22. The van der Waals surface area contributed by atoms with E-state index in [4.69, 9.17) is 0 Å². The number of nitrogens with one attached hydrogen (secondary N) is 1. The summed E-state index contributed by atoms with van der Waals surface area (Å²) < 4.78 is 0. The third kappa shape index (κ3) is 3.19. The lowest BCUT2D eigenvalue weighted by Crippen LogP contribution is -2.23. The molecule has 0 bridgehead atoms. The Morgan fingerprint density at radius 3 is 2.50 bits per heavy atom. The molecule has 0 fully saturated rings. The number of nitrogens with zero attached hydrogens (tertiary/aromatic N) is 4. The monoisotopic (exact) mass is 215 g/mol. The highest BCUT2D eigenvalue weighted by molar-refractivity contribution is 7.80. The molecule has 14 heavy (non-hydrogen) atoms. The van der Waals surface area contributed by atoms with E-state index in [1.807, 2.05) is 7.05 Å². The average molecular weight is 215 g/mol. The van der Waals surface area contributed by atoms with Crippen LogP contribution in [0.3, 0.4) is 0 Å². The van der Waals surface area contributed by atoms with Crippen LogP contribution in [0.4, 0.5) is 5.82 Å². The lowest BCUT2D eigenvalue weighted by molar-refractivity contribution is 0.401. The molecule has 0 saturated carbocycles. The average Bonchev–Trinajstić information content (AvgIpc) is 2.50. The van der Waals surface area contributed by atoms with E-state index in [1.54, 1.807) is 0 Å². The molecule has 6 heteroatoms. The SMILES string of the molecule is CN(C)CCCN(C)c1nn[nH]c1S. The van der Waals surface area contributed by atoms with E-state index in [2.05, 4.69) is 51.9 Å². The fourth-order valence-electron chi connectivity index (χ4n) is 1.20. The topological polar surface area (TPSA) is 48.1 Å². The van der Waals surface area contributed by atoms with Gasteiger partial charge in [0, 0.05) is 13.6 Å². The Bertz CT molecular complexity index is 272. The van der Waals surface area contributed by atoms with Crippen LogP contribution < -0.4 is 4.90 Å². The molecule has 1 N–H and O–H groups in total. The van der Waals surface area contributed by atoms with E-state index in [9.17, 15) is 0 Å². The van der Waals surface area contributed by atoms with Crippen LogP contribution >= 0.6 is 12.6 Å². The van der Waals surface area contributed by atoms with Gasteiger partial charge in [-0.15, -0.1) is 17.7 Å². The first-order chi connectivity index (χ1) is 6.61. The molecule has 0 aliphatic rings.